The summed E-state index contributed by atoms with van der Waals surface area (Å²) in [6, 6.07) is 31.6. The number of aliphatic imine (C=N–C) groups is 1. The van der Waals surface area contributed by atoms with Gasteiger partial charge < -0.3 is 5.11 Å². The van der Waals surface area contributed by atoms with Crippen molar-refractivity contribution >= 4 is 87.2 Å². The van der Waals surface area contributed by atoms with Crippen LogP contribution in [0.5, 0.6) is 5.75 Å². The predicted octanol–water partition coefficient (Wildman–Crippen LogP) is 6.53. The van der Waals surface area contributed by atoms with Crippen LogP contribution in [-0.2, 0) is 16.2 Å². The Bertz CT molecular complexity index is 1710. The molecule has 0 unspecified atom stereocenters. The Morgan fingerprint density at radius 1 is 1.10 bits per heavy atom. The SMILES string of the molecule is CC(=O)O.N#Cc1ccccc1-c1ccc(COc2ccc(Br)cc2C=C2SC(Nc3cc[c]([Na])cc3)=NC2=O)cc1. The minimum atomic E-state index is -0.833. The Hall–Kier alpha value is -3.65. The van der Waals surface area contributed by atoms with Gasteiger partial charge in [-0.3, -0.25) is 4.79 Å². The minimum absolute atomic E-state index is 0.281. The number of halogens is 1. The third kappa shape index (κ3) is 8.92. The Kier molecular flexibility index (Phi) is 11.2. The van der Waals surface area contributed by atoms with Crippen LogP contribution in [-0.4, -0.2) is 50.1 Å². The van der Waals surface area contributed by atoms with Gasteiger partial charge in [-0.1, -0.05) is 58.4 Å². The third-order valence-electron chi connectivity index (χ3n) is 5.89. The van der Waals surface area contributed by atoms with Crippen LogP contribution in [0.2, 0.25) is 0 Å². The molecule has 1 aliphatic rings. The number of rotatable bonds is 6. The Labute approximate surface area is 273 Å². The van der Waals surface area contributed by atoms with E-state index in [9.17, 15) is 10.1 Å². The molecule has 0 aliphatic carbocycles. The van der Waals surface area contributed by atoms with E-state index in [1.165, 1.54) is 14.6 Å². The van der Waals surface area contributed by atoms with Crippen LogP contribution in [0, 0.1) is 11.3 Å². The van der Waals surface area contributed by atoms with Crippen molar-refractivity contribution in [1.29, 1.82) is 5.26 Å². The van der Waals surface area contributed by atoms with Crippen molar-refractivity contribution in [3.63, 3.8) is 0 Å². The number of ether oxygens (including phenoxy) is 1. The summed E-state index contributed by atoms with van der Waals surface area (Å²) in [7, 11) is 0. The van der Waals surface area contributed by atoms with E-state index in [0.717, 1.165) is 67.3 Å². The van der Waals surface area contributed by atoms with Gasteiger partial charge in [-0.25, -0.2) is 0 Å². The summed E-state index contributed by atoms with van der Waals surface area (Å²) in [6.45, 7) is 1.44. The minimum Gasteiger partial charge on any atom is -0.0550 e. The number of benzene rings is 4. The van der Waals surface area contributed by atoms with E-state index in [2.05, 4.69) is 44.4 Å². The summed E-state index contributed by atoms with van der Waals surface area (Å²) in [4.78, 5) is 26.3. The maximum atomic E-state index is 12.6. The number of nitrogens with one attached hydrogen (secondary N) is 1. The van der Waals surface area contributed by atoms with E-state index < -0.39 is 5.97 Å². The molecule has 7 nitrogen and oxygen atoms in total. The first kappa shape index (κ1) is 31.3. The fourth-order valence-corrected chi connectivity index (χ4v) is 5.44. The van der Waals surface area contributed by atoms with Crippen molar-refractivity contribution < 1.29 is 19.4 Å². The molecule has 1 amide bonds. The van der Waals surface area contributed by atoms with Crippen LogP contribution >= 0.6 is 27.7 Å². The number of amidine groups is 1. The van der Waals surface area contributed by atoms with Gasteiger partial charge in [0.25, 0.3) is 5.97 Å². The Balaban J connectivity index is 0.000000952. The summed E-state index contributed by atoms with van der Waals surface area (Å²) < 4.78 is 8.35. The van der Waals surface area contributed by atoms with Crippen molar-refractivity contribution in [1.82, 2.24) is 0 Å². The number of amides is 1. The number of nitrogens with zero attached hydrogens (tertiary/aromatic N) is 2. The molecule has 1 heterocycles. The molecule has 0 saturated carbocycles. The number of anilines is 1. The monoisotopic (exact) mass is 647 g/mol. The number of aliphatic carboxylic acids is 1. The average Bonchev–Trinajstić information content (AvgIpc) is 3.31. The van der Waals surface area contributed by atoms with E-state index >= 15 is 0 Å². The van der Waals surface area contributed by atoms with Gasteiger partial charge in [0.1, 0.15) is 6.61 Å². The number of hydrogen-bond donors (Lipinski definition) is 2. The topological polar surface area (TPSA) is 112 Å². The molecule has 2 N–H and O–H groups in total. The van der Waals surface area contributed by atoms with Gasteiger partial charge in [-0.15, -0.1) is 0 Å². The fraction of sp³-hybridized carbons (Fsp3) is 0.0625. The van der Waals surface area contributed by atoms with Crippen molar-refractivity contribution in [3.8, 4) is 22.9 Å². The quantitative estimate of drug-likeness (QED) is 0.181. The number of hydrogen-bond acceptors (Lipinski definition) is 6. The molecule has 5 rings (SSSR count). The first-order valence-corrected chi connectivity index (χ1v) is 15.4. The number of carboxylic acids is 1. The number of carbonyl (C=O) groups excluding carboxylic acids is 1. The van der Waals surface area contributed by atoms with Gasteiger partial charge in [-0.05, 0) is 28.8 Å². The van der Waals surface area contributed by atoms with Gasteiger partial charge in [-0.2, -0.15) is 5.26 Å². The summed E-state index contributed by atoms with van der Waals surface area (Å²) >= 11 is 5.83. The molecule has 0 bridgehead atoms. The van der Waals surface area contributed by atoms with Crippen LogP contribution in [0.15, 0.2) is 105 Å². The largest absolute Gasteiger partial charge is 0.0550 e. The van der Waals surface area contributed by atoms with Gasteiger partial charge in [0.05, 0.1) is 11.6 Å². The Morgan fingerprint density at radius 2 is 1.79 bits per heavy atom. The predicted molar refractivity (Wildman–Crippen MR) is 172 cm³/mol. The molecule has 204 valence electrons. The van der Waals surface area contributed by atoms with Crippen LogP contribution < -0.4 is 12.9 Å². The molecule has 0 radical (unpaired) electrons. The maximum absolute atomic E-state index is 12.6. The van der Waals surface area contributed by atoms with Gasteiger partial charge >= 0.3 is 142 Å². The second kappa shape index (κ2) is 15.0. The zero-order valence-electron chi connectivity index (χ0n) is 22.8. The molecule has 1 aliphatic heterocycles. The molecule has 4 aromatic carbocycles. The first-order valence-electron chi connectivity index (χ1n) is 12.8. The first-order chi connectivity index (χ1) is 20.2. The summed E-state index contributed by atoms with van der Waals surface area (Å²) in [5, 5.41) is 20.6. The average molecular weight is 649 g/mol. The summed E-state index contributed by atoms with van der Waals surface area (Å²) in [6.07, 6.45) is 1.81. The van der Waals surface area contributed by atoms with Crippen LogP contribution in [0.3, 0.4) is 0 Å². The van der Waals surface area contributed by atoms with Crippen LogP contribution in [0.4, 0.5) is 5.69 Å². The van der Waals surface area contributed by atoms with Crippen molar-refractivity contribution in [2.75, 3.05) is 5.32 Å². The van der Waals surface area contributed by atoms with Crippen LogP contribution in [0.25, 0.3) is 17.2 Å². The van der Waals surface area contributed by atoms with E-state index in [1.807, 2.05) is 84.9 Å². The van der Waals surface area contributed by atoms with Gasteiger partial charge in [0.2, 0.25) is 0 Å². The van der Waals surface area contributed by atoms with Crippen molar-refractivity contribution in [3.05, 3.63) is 117 Å². The molecule has 0 atom stereocenters. The second-order valence-corrected chi connectivity index (χ2v) is 12.3. The summed E-state index contributed by atoms with van der Waals surface area (Å²) in [5.74, 6) is -0.451. The zero-order valence-corrected chi connectivity index (χ0v) is 27.2. The van der Waals surface area contributed by atoms with Crippen molar-refractivity contribution in [2.45, 2.75) is 13.5 Å². The summed E-state index contributed by atoms with van der Waals surface area (Å²) in [5.41, 5.74) is 5.21. The normalized spacial score (nSPS) is 13.1. The number of thioether (sulfide) groups is 1. The molecule has 42 heavy (non-hydrogen) atoms. The zero-order chi connectivity index (χ0) is 30.1. The number of carboxylic acid groups (broad SMARTS) is 1. The number of nitriles is 1. The third-order valence-corrected chi connectivity index (χ3v) is 7.95. The molecule has 4 aromatic rings. The fourth-order valence-electron chi connectivity index (χ4n) is 3.90. The molecule has 10 heteroatoms. The number of carbonyl (C=O) groups is 2. The molecular weight excluding hydrogens is 625 g/mol. The van der Waals surface area contributed by atoms with Gasteiger partial charge in [0, 0.05) is 6.92 Å². The standard InChI is InChI=1S/C30H19BrN3O2S.C2H4O2.Na/c31-24-14-15-27(36-19-20-10-12-21(13-11-20)26-9-5-4-6-22(26)18-32)23(16-24)17-28-29(35)34-30(37-28)33-25-7-2-1-3-8-25;1-2(3)4;/h2-17H,19H2,(H,33,34,35);1H3,(H,3,4);. The van der Waals surface area contributed by atoms with Crippen LogP contribution in [0.1, 0.15) is 23.6 Å². The van der Waals surface area contributed by atoms with E-state index in [4.69, 9.17) is 14.6 Å². The van der Waals surface area contributed by atoms with Crippen molar-refractivity contribution in [2.24, 2.45) is 4.99 Å². The van der Waals surface area contributed by atoms with E-state index in [0.29, 0.717) is 28.0 Å². The second-order valence-electron chi connectivity index (χ2n) is 9.17. The maximum Gasteiger partial charge on any atom is -0.0539 e. The molecule has 0 aromatic heterocycles. The molecule has 0 spiro atoms. The van der Waals surface area contributed by atoms with E-state index in [-0.39, 0.29) is 5.91 Å². The smallest absolute Gasteiger partial charge is 0.0539 e. The van der Waals surface area contributed by atoms with Gasteiger partial charge in [0.15, 0.2) is 0 Å². The molecular formula is C32H23BrN3NaO4S. The van der Waals surface area contributed by atoms with E-state index in [1.54, 1.807) is 0 Å². The Morgan fingerprint density at radius 3 is 2.48 bits per heavy atom. The molecule has 0 saturated heterocycles. The molecule has 0 fully saturated rings.